The summed E-state index contributed by atoms with van der Waals surface area (Å²) in [6.45, 7) is 0. The van der Waals surface area contributed by atoms with Crippen LogP contribution in [0.3, 0.4) is 0 Å². The largest absolute Gasteiger partial charge is 0.477 e. The van der Waals surface area contributed by atoms with Crippen molar-refractivity contribution in [1.29, 1.82) is 0 Å². The molecule has 0 aromatic carbocycles. The first-order valence-electron chi connectivity index (χ1n) is 2.23. The highest BCUT2D eigenvalue weighted by Crippen LogP contribution is 1.87. The molecule has 1 rings (SSSR count). The molecule has 0 saturated heterocycles. The average molecular weight is 123 g/mol. The summed E-state index contributed by atoms with van der Waals surface area (Å²) in [5, 5.41) is 8.27. The Bertz CT molecular complexity index is 209. The van der Waals surface area contributed by atoms with E-state index in [-0.39, 0.29) is 5.69 Å². The van der Waals surface area contributed by atoms with E-state index in [4.69, 9.17) is 5.11 Å². The summed E-state index contributed by atoms with van der Waals surface area (Å²) in [5.74, 6) is -1.06. The van der Waals surface area contributed by atoms with Gasteiger partial charge >= 0.3 is 5.97 Å². The van der Waals surface area contributed by atoms with Crippen LogP contribution in [0.4, 0.5) is 0 Å². The number of nitrogens with zero attached hydrogens (tertiary/aromatic N) is 2. The fraction of sp³-hybridized carbons (Fsp3) is 0. The molecule has 0 aliphatic heterocycles. The monoisotopic (exact) mass is 123 g/mol. The smallest absolute Gasteiger partial charge is 0.354 e. The van der Waals surface area contributed by atoms with Crippen molar-refractivity contribution in [2.45, 2.75) is 0 Å². The zero-order valence-corrected chi connectivity index (χ0v) is 4.40. The third kappa shape index (κ3) is 1.22. The van der Waals surface area contributed by atoms with Gasteiger partial charge in [-0.3, -0.25) is 0 Å². The highest BCUT2D eigenvalue weighted by Gasteiger charge is 1.99. The molecule has 0 bridgehead atoms. The minimum Gasteiger partial charge on any atom is -0.477 e. The molecule has 0 amide bonds. The van der Waals surface area contributed by atoms with Gasteiger partial charge in [-0.15, -0.1) is 0 Å². The van der Waals surface area contributed by atoms with Crippen LogP contribution in [0.1, 0.15) is 10.5 Å². The van der Waals surface area contributed by atoms with E-state index in [0.29, 0.717) is 0 Å². The minimum atomic E-state index is -1.06. The number of carbonyl (C=O) groups is 1. The Morgan fingerprint density at radius 1 is 1.78 bits per heavy atom. The molecule has 0 fully saturated rings. The van der Waals surface area contributed by atoms with Gasteiger partial charge in [-0.1, -0.05) is 0 Å². The van der Waals surface area contributed by atoms with Gasteiger partial charge < -0.3 is 5.11 Å². The Kier molecular flexibility index (Phi) is 1.40. The van der Waals surface area contributed by atoms with E-state index in [2.05, 4.69) is 16.3 Å². The highest BCUT2D eigenvalue weighted by atomic mass is 16.4. The van der Waals surface area contributed by atoms with Crippen LogP contribution in [0, 0.1) is 6.33 Å². The first-order valence-corrected chi connectivity index (χ1v) is 2.23. The Hall–Kier alpha value is -1.45. The Morgan fingerprint density at radius 2 is 2.56 bits per heavy atom. The second-order valence-corrected chi connectivity index (χ2v) is 1.35. The summed E-state index contributed by atoms with van der Waals surface area (Å²) in [5.41, 5.74) is -0.0370. The van der Waals surface area contributed by atoms with Crippen molar-refractivity contribution in [3.63, 3.8) is 0 Å². The Labute approximate surface area is 51.2 Å². The maximum Gasteiger partial charge on any atom is 0.354 e. The van der Waals surface area contributed by atoms with Crippen molar-refractivity contribution >= 4 is 5.97 Å². The standard InChI is InChI=1S/C5H3N2O2/c8-5(9)4-1-2-6-3-7-4/h1-2H,(H,8,9). The minimum absolute atomic E-state index is 0.0370. The summed E-state index contributed by atoms with van der Waals surface area (Å²) in [7, 11) is 0. The van der Waals surface area contributed by atoms with Gasteiger partial charge in [-0.2, -0.15) is 0 Å². The van der Waals surface area contributed by atoms with Crippen molar-refractivity contribution < 1.29 is 9.90 Å². The molecule has 4 heteroatoms. The fourth-order valence-electron chi connectivity index (χ4n) is 0.380. The summed E-state index contributed by atoms with van der Waals surface area (Å²) in [4.78, 5) is 16.9. The van der Waals surface area contributed by atoms with Crippen LogP contribution in [-0.2, 0) is 0 Å². The number of aromatic carboxylic acids is 1. The molecular formula is C5H3N2O2. The van der Waals surface area contributed by atoms with Crippen molar-refractivity contribution in [2.75, 3.05) is 0 Å². The quantitative estimate of drug-likeness (QED) is 0.569. The van der Waals surface area contributed by atoms with Gasteiger partial charge in [0.25, 0.3) is 0 Å². The van der Waals surface area contributed by atoms with E-state index in [9.17, 15) is 4.79 Å². The van der Waals surface area contributed by atoms with E-state index in [1.165, 1.54) is 12.3 Å². The Balaban J connectivity index is 2.98. The number of rotatable bonds is 1. The van der Waals surface area contributed by atoms with E-state index in [1.54, 1.807) is 0 Å². The Morgan fingerprint density at radius 3 is 2.89 bits per heavy atom. The van der Waals surface area contributed by atoms with Crippen LogP contribution in [0.25, 0.3) is 0 Å². The molecule has 45 valence electrons. The van der Waals surface area contributed by atoms with Gasteiger partial charge in [0.15, 0.2) is 12.0 Å². The highest BCUT2D eigenvalue weighted by molar-refractivity contribution is 5.84. The molecule has 1 N–H and O–H groups in total. The van der Waals surface area contributed by atoms with Gasteiger partial charge in [0.2, 0.25) is 0 Å². The zero-order valence-electron chi connectivity index (χ0n) is 4.40. The number of carboxylic acid groups (broad SMARTS) is 1. The predicted octanol–water partition coefficient (Wildman–Crippen LogP) is -0.0250. The molecule has 0 atom stereocenters. The molecule has 0 saturated carbocycles. The molecule has 0 aliphatic carbocycles. The van der Waals surface area contributed by atoms with Crippen molar-refractivity contribution in [1.82, 2.24) is 9.97 Å². The van der Waals surface area contributed by atoms with E-state index < -0.39 is 5.97 Å². The van der Waals surface area contributed by atoms with Gasteiger partial charge in [0, 0.05) is 6.20 Å². The van der Waals surface area contributed by atoms with Crippen LogP contribution in [0.2, 0.25) is 0 Å². The van der Waals surface area contributed by atoms with Crippen LogP contribution < -0.4 is 0 Å². The summed E-state index contributed by atoms with van der Waals surface area (Å²) in [6.07, 6.45) is 3.49. The number of aromatic nitrogens is 2. The molecule has 1 aromatic heterocycles. The fourth-order valence-corrected chi connectivity index (χ4v) is 0.380. The number of carboxylic acids is 1. The molecule has 0 unspecified atom stereocenters. The second kappa shape index (κ2) is 2.21. The lowest BCUT2D eigenvalue weighted by molar-refractivity contribution is 0.0690. The van der Waals surface area contributed by atoms with E-state index in [0.717, 1.165) is 0 Å². The first-order chi connectivity index (χ1) is 4.30. The summed E-state index contributed by atoms with van der Waals surface area (Å²) >= 11 is 0. The topological polar surface area (TPSA) is 63.1 Å². The van der Waals surface area contributed by atoms with E-state index in [1.807, 2.05) is 0 Å². The molecule has 1 radical (unpaired) electrons. The summed E-state index contributed by atoms with van der Waals surface area (Å²) < 4.78 is 0. The van der Waals surface area contributed by atoms with E-state index >= 15 is 0 Å². The van der Waals surface area contributed by atoms with Crippen molar-refractivity contribution in [3.05, 3.63) is 24.3 Å². The third-order valence-electron chi connectivity index (χ3n) is 0.754. The molecule has 0 aliphatic rings. The maximum absolute atomic E-state index is 10.1. The molecule has 4 nitrogen and oxygen atoms in total. The first kappa shape index (κ1) is 5.68. The average Bonchev–Trinajstić information content (AvgIpc) is 1.90. The van der Waals surface area contributed by atoms with Gasteiger partial charge in [0.05, 0.1) is 0 Å². The molecule has 1 aromatic rings. The number of hydrogen-bond donors (Lipinski definition) is 1. The predicted molar refractivity (Wildman–Crippen MR) is 27.8 cm³/mol. The van der Waals surface area contributed by atoms with Crippen molar-refractivity contribution in [3.8, 4) is 0 Å². The number of hydrogen-bond acceptors (Lipinski definition) is 3. The van der Waals surface area contributed by atoms with Crippen LogP contribution >= 0.6 is 0 Å². The van der Waals surface area contributed by atoms with Gasteiger partial charge in [0.1, 0.15) is 0 Å². The molecule has 1 heterocycles. The second-order valence-electron chi connectivity index (χ2n) is 1.35. The zero-order chi connectivity index (χ0) is 6.69. The lowest BCUT2D eigenvalue weighted by Gasteiger charge is -1.85. The van der Waals surface area contributed by atoms with Crippen molar-refractivity contribution in [2.24, 2.45) is 0 Å². The molecular weight excluding hydrogens is 120 g/mol. The molecule has 0 spiro atoms. The summed E-state index contributed by atoms with van der Waals surface area (Å²) in [6, 6.07) is 1.30. The van der Waals surface area contributed by atoms with Gasteiger partial charge in [-0.05, 0) is 6.07 Å². The third-order valence-corrected chi connectivity index (χ3v) is 0.754. The van der Waals surface area contributed by atoms with Crippen LogP contribution in [-0.4, -0.2) is 21.0 Å². The van der Waals surface area contributed by atoms with Gasteiger partial charge in [-0.25, -0.2) is 14.8 Å². The lowest BCUT2D eigenvalue weighted by atomic mass is 10.4. The maximum atomic E-state index is 10.1. The molecule has 9 heavy (non-hydrogen) atoms. The normalized spacial score (nSPS) is 8.89. The SMILES string of the molecule is O=C(O)c1ccn[c]n1. The van der Waals surface area contributed by atoms with Crippen LogP contribution in [0.5, 0.6) is 0 Å². The lowest BCUT2D eigenvalue weighted by Crippen LogP contribution is -1.99. The van der Waals surface area contributed by atoms with Crippen LogP contribution in [0.15, 0.2) is 12.3 Å².